The number of aryl methyl sites for hydroxylation is 2. The number of rotatable bonds is 4. The maximum atomic E-state index is 11.0. The fourth-order valence-corrected chi connectivity index (χ4v) is 1.92. The maximum Gasteiger partial charge on any atom is 0.168 e. The van der Waals surface area contributed by atoms with Crippen LogP contribution in [0.2, 0.25) is 0 Å². The number of aldehydes is 1. The fourth-order valence-electron chi connectivity index (χ4n) is 1.92. The minimum atomic E-state index is 0.619. The largest absolute Gasteiger partial charge is 0.331 e. The Bertz CT molecular complexity index is 512. The van der Waals surface area contributed by atoms with Crippen molar-refractivity contribution in [2.45, 2.75) is 19.8 Å². The molecule has 0 aliphatic rings. The van der Waals surface area contributed by atoms with Crippen LogP contribution in [0.1, 0.15) is 29.4 Å². The highest BCUT2D eigenvalue weighted by atomic mass is 16.1. The summed E-state index contributed by atoms with van der Waals surface area (Å²) in [5, 5.41) is 0. The third-order valence-corrected chi connectivity index (χ3v) is 2.86. The van der Waals surface area contributed by atoms with Crippen molar-refractivity contribution in [2.75, 3.05) is 0 Å². The lowest BCUT2D eigenvalue weighted by atomic mass is 10.1. The molecular weight excluding hydrogens is 212 g/mol. The van der Waals surface area contributed by atoms with E-state index in [-0.39, 0.29) is 0 Å². The molecule has 0 aliphatic carbocycles. The van der Waals surface area contributed by atoms with Crippen molar-refractivity contribution >= 4 is 6.29 Å². The zero-order valence-electron chi connectivity index (χ0n) is 10.2. The topological polar surface area (TPSA) is 34.9 Å². The third-order valence-electron chi connectivity index (χ3n) is 2.86. The molecule has 0 saturated carbocycles. The lowest BCUT2D eigenvalue weighted by Crippen LogP contribution is -1.94. The molecule has 0 aliphatic heterocycles. The first-order chi connectivity index (χ1) is 8.26. The molecule has 0 fully saturated rings. The standard InChI is InChI=1S/C14H16N2O/c1-3-4-11-5-7-12(8-6-11)14-13(9-17)16(2)10-15-14/h5-10H,3-4H2,1-2H3. The van der Waals surface area contributed by atoms with Crippen molar-refractivity contribution in [3.8, 4) is 11.3 Å². The zero-order valence-corrected chi connectivity index (χ0v) is 10.2. The molecule has 0 amide bonds. The normalized spacial score (nSPS) is 10.5. The van der Waals surface area contributed by atoms with Gasteiger partial charge in [0.25, 0.3) is 0 Å². The Hall–Kier alpha value is -1.90. The summed E-state index contributed by atoms with van der Waals surface area (Å²) in [7, 11) is 1.83. The van der Waals surface area contributed by atoms with Gasteiger partial charge in [-0.15, -0.1) is 0 Å². The second-order valence-corrected chi connectivity index (χ2v) is 4.15. The van der Waals surface area contributed by atoms with Crippen LogP contribution in [-0.2, 0) is 13.5 Å². The van der Waals surface area contributed by atoms with Crippen LogP contribution in [0.3, 0.4) is 0 Å². The molecule has 3 nitrogen and oxygen atoms in total. The van der Waals surface area contributed by atoms with Gasteiger partial charge in [-0.2, -0.15) is 0 Å². The maximum absolute atomic E-state index is 11.0. The average molecular weight is 228 g/mol. The Morgan fingerprint density at radius 3 is 2.59 bits per heavy atom. The molecular formula is C14H16N2O. The van der Waals surface area contributed by atoms with Crippen molar-refractivity contribution in [2.24, 2.45) is 7.05 Å². The Labute approximate surface area is 101 Å². The zero-order chi connectivity index (χ0) is 12.3. The molecule has 2 aromatic rings. The van der Waals surface area contributed by atoms with Crippen molar-refractivity contribution < 1.29 is 4.79 Å². The molecule has 0 N–H and O–H groups in total. The van der Waals surface area contributed by atoms with Crippen LogP contribution in [0.25, 0.3) is 11.3 Å². The van der Waals surface area contributed by atoms with Crippen molar-refractivity contribution in [1.29, 1.82) is 0 Å². The van der Waals surface area contributed by atoms with Crippen LogP contribution in [0.15, 0.2) is 30.6 Å². The lowest BCUT2D eigenvalue weighted by molar-refractivity contribution is 0.111. The quantitative estimate of drug-likeness (QED) is 0.754. The van der Waals surface area contributed by atoms with Gasteiger partial charge in [-0.05, 0) is 12.0 Å². The molecule has 0 saturated heterocycles. The van der Waals surface area contributed by atoms with E-state index in [1.54, 1.807) is 10.9 Å². The highest BCUT2D eigenvalue weighted by Gasteiger charge is 2.09. The smallest absolute Gasteiger partial charge is 0.168 e. The van der Waals surface area contributed by atoms with E-state index in [2.05, 4.69) is 24.0 Å². The number of hydrogen-bond acceptors (Lipinski definition) is 2. The summed E-state index contributed by atoms with van der Waals surface area (Å²) < 4.78 is 1.74. The second kappa shape index (κ2) is 4.95. The molecule has 1 aromatic heterocycles. The second-order valence-electron chi connectivity index (χ2n) is 4.15. The van der Waals surface area contributed by atoms with E-state index in [0.717, 1.165) is 30.4 Å². The molecule has 2 rings (SSSR count). The van der Waals surface area contributed by atoms with E-state index in [1.807, 2.05) is 19.2 Å². The highest BCUT2D eigenvalue weighted by Crippen LogP contribution is 2.21. The SMILES string of the molecule is CCCc1ccc(-c2ncn(C)c2C=O)cc1. The Morgan fingerprint density at radius 1 is 1.29 bits per heavy atom. The summed E-state index contributed by atoms with van der Waals surface area (Å²) in [6, 6.07) is 8.25. The molecule has 17 heavy (non-hydrogen) atoms. The van der Waals surface area contributed by atoms with Crippen LogP contribution >= 0.6 is 0 Å². The molecule has 3 heteroatoms. The highest BCUT2D eigenvalue weighted by molar-refractivity contribution is 5.83. The van der Waals surface area contributed by atoms with E-state index in [0.29, 0.717) is 5.69 Å². The number of carbonyl (C=O) groups excluding carboxylic acids is 1. The number of nitrogens with zero attached hydrogens (tertiary/aromatic N) is 2. The first kappa shape index (κ1) is 11.6. The van der Waals surface area contributed by atoms with Gasteiger partial charge in [0, 0.05) is 12.6 Å². The lowest BCUT2D eigenvalue weighted by Gasteiger charge is -2.02. The van der Waals surface area contributed by atoms with Gasteiger partial charge in [-0.3, -0.25) is 4.79 Å². The van der Waals surface area contributed by atoms with E-state index in [1.165, 1.54) is 5.56 Å². The fraction of sp³-hybridized carbons (Fsp3) is 0.286. The third kappa shape index (κ3) is 2.28. The van der Waals surface area contributed by atoms with E-state index in [9.17, 15) is 4.79 Å². The monoisotopic (exact) mass is 228 g/mol. The number of benzene rings is 1. The summed E-state index contributed by atoms with van der Waals surface area (Å²) >= 11 is 0. The van der Waals surface area contributed by atoms with Gasteiger partial charge in [-0.25, -0.2) is 4.98 Å². The van der Waals surface area contributed by atoms with Gasteiger partial charge >= 0.3 is 0 Å². The van der Waals surface area contributed by atoms with Crippen molar-refractivity contribution in [1.82, 2.24) is 9.55 Å². The van der Waals surface area contributed by atoms with Crippen molar-refractivity contribution in [3.63, 3.8) is 0 Å². The van der Waals surface area contributed by atoms with E-state index in [4.69, 9.17) is 0 Å². The van der Waals surface area contributed by atoms with Crippen LogP contribution in [0.5, 0.6) is 0 Å². The molecule has 0 unspecified atom stereocenters. The minimum Gasteiger partial charge on any atom is -0.331 e. The van der Waals surface area contributed by atoms with Crippen molar-refractivity contribution in [3.05, 3.63) is 41.9 Å². The average Bonchev–Trinajstić information content (AvgIpc) is 2.72. The number of aromatic nitrogens is 2. The van der Waals surface area contributed by atoms with E-state index >= 15 is 0 Å². The first-order valence-electron chi connectivity index (χ1n) is 5.82. The molecule has 0 radical (unpaired) electrons. The summed E-state index contributed by atoms with van der Waals surface area (Å²) in [5.41, 5.74) is 3.69. The Kier molecular flexibility index (Phi) is 3.38. The van der Waals surface area contributed by atoms with Crippen LogP contribution in [0, 0.1) is 0 Å². The summed E-state index contributed by atoms with van der Waals surface area (Å²) in [5.74, 6) is 0. The predicted molar refractivity (Wildman–Crippen MR) is 68.0 cm³/mol. The molecule has 88 valence electrons. The van der Waals surface area contributed by atoms with Crippen LogP contribution in [0.4, 0.5) is 0 Å². The molecule has 0 spiro atoms. The minimum absolute atomic E-state index is 0.619. The summed E-state index contributed by atoms with van der Waals surface area (Å²) in [6.45, 7) is 2.16. The Morgan fingerprint density at radius 2 is 2.00 bits per heavy atom. The summed E-state index contributed by atoms with van der Waals surface area (Å²) in [4.78, 5) is 15.3. The number of imidazole rings is 1. The summed E-state index contributed by atoms with van der Waals surface area (Å²) in [6.07, 6.45) is 4.74. The van der Waals surface area contributed by atoms with Gasteiger partial charge in [0.2, 0.25) is 0 Å². The van der Waals surface area contributed by atoms with Gasteiger partial charge in [0.15, 0.2) is 6.29 Å². The van der Waals surface area contributed by atoms with Gasteiger partial charge < -0.3 is 4.57 Å². The number of carbonyl (C=O) groups is 1. The van der Waals surface area contributed by atoms with Crippen LogP contribution in [-0.4, -0.2) is 15.8 Å². The molecule has 1 aromatic carbocycles. The van der Waals surface area contributed by atoms with Gasteiger partial charge in [0.1, 0.15) is 5.69 Å². The predicted octanol–water partition coefficient (Wildman–Crippen LogP) is 2.85. The number of hydrogen-bond donors (Lipinski definition) is 0. The van der Waals surface area contributed by atoms with E-state index < -0.39 is 0 Å². The first-order valence-corrected chi connectivity index (χ1v) is 5.82. The van der Waals surface area contributed by atoms with Crippen LogP contribution < -0.4 is 0 Å². The Balaban J connectivity index is 2.36. The molecule has 0 atom stereocenters. The molecule has 0 bridgehead atoms. The molecule has 1 heterocycles. The van der Waals surface area contributed by atoms with Gasteiger partial charge in [0.05, 0.1) is 12.0 Å². The van der Waals surface area contributed by atoms with Gasteiger partial charge in [-0.1, -0.05) is 37.6 Å².